The number of nitrogens with zero attached hydrogens (tertiary/aromatic N) is 3. The molecular weight excluding hydrogens is 224 g/mol. The zero-order valence-corrected chi connectivity index (χ0v) is 9.25. The lowest BCUT2D eigenvalue weighted by atomic mass is 10.2. The van der Waals surface area contributed by atoms with E-state index < -0.39 is 4.92 Å². The Morgan fingerprint density at radius 1 is 1.76 bits per heavy atom. The third-order valence-corrected chi connectivity index (χ3v) is 2.26. The summed E-state index contributed by atoms with van der Waals surface area (Å²) in [6, 6.07) is 2.76. The first-order chi connectivity index (χ1) is 8.12. The molecule has 1 aromatic rings. The van der Waals surface area contributed by atoms with Crippen LogP contribution in [0.2, 0.25) is 0 Å². The molecule has 0 radical (unpaired) electrons. The summed E-state index contributed by atoms with van der Waals surface area (Å²) in [5, 5.41) is 31.2. The second-order valence-corrected chi connectivity index (χ2v) is 3.39. The molecular formula is C10H12N4O3. The van der Waals surface area contributed by atoms with Crippen LogP contribution in [0.3, 0.4) is 0 Å². The summed E-state index contributed by atoms with van der Waals surface area (Å²) in [5.74, 6) is 0.249. The van der Waals surface area contributed by atoms with E-state index in [1.165, 1.54) is 0 Å². The Labute approximate surface area is 97.9 Å². The first-order valence-corrected chi connectivity index (χ1v) is 5.04. The number of nitrogens with one attached hydrogen (secondary N) is 1. The summed E-state index contributed by atoms with van der Waals surface area (Å²) in [7, 11) is 0. The number of aromatic nitrogens is 1. The molecule has 0 amide bonds. The Hall–Kier alpha value is -2.20. The van der Waals surface area contributed by atoms with Crippen LogP contribution < -0.4 is 5.32 Å². The van der Waals surface area contributed by atoms with Crippen molar-refractivity contribution in [3.05, 3.63) is 27.9 Å². The molecule has 0 aliphatic rings. The van der Waals surface area contributed by atoms with Gasteiger partial charge in [0.1, 0.15) is 23.6 Å². The molecule has 7 nitrogen and oxygen atoms in total. The number of nitriles is 1. The molecule has 0 unspecified atom stereocenters. The highest BCUT2D eigenvalue weighted by molar-refractivity contribution is 5.55. The minimum absolute atomic E-state index is 0.0890. The molecule has 17 heavy (non-hydrogen) atoms. The van der Waals surface area contributed by atoms with E-state index >= 15 is 0 Å². The molecule has 0 spiro atoms. The highest BCUT2D eigenvalue weighted by Crippen LogP contribution is 2.19. The Bertz CT molecular complexity index is 451. The molecule has 1 aromatic heterocycles. The van der Waals surface area contributed by atoms with Crippen molar-refractivity contribution < 1.29 is 10.0 Å². The molecule has 0 saturated carbocycles. The lowest BCUT2D eigenvalue weighted by Crippen LogP contribution is -2.23. The first kappa shape index (κ1) is 12.9. The summed E-state index contributed by atoms with van der Waals surface area (Å²) < 4.78 is 0. The maximum absolute atomic E-state index is 10.5. The summed E-state index contributed by atoms with van der Waals surface area (Å²) >= 11 is 0. The van der Waals surface area contributed by atoms with Gasteiger partial charge in [0.25, 0.3) is 5.69 Å². The molecule has 0 fully saturated rings. The standard InChI is InChI=1S/C10H12N4O3/c1-2-8(6-15)13-10-7(4-11)3-9(5-12-10)14(16)17/h3,5,8,15H,2,6H2,1H3,(H,12,13)/t8-/m0/s1. The van der Waals surface area contributed by atoms with Gasteiger partial charge < -0.3 is 10.4 Å². The molecule has 2 N–H and O–H groups in total. The number of rotatable bonds is 5. The third kappa shape index (κ3) is 3.12. The first-order valence-electron chi connectivity index (χ1n) is 5.04. The molecule has 0 bridgehead atoms. The Morgan fingerprint density at radius 2 is 2.47 bits per heavy atom. The highest BCUT2D eigenvalue weighted by atomic mass is 16.6. The van der Waals surface area contributed by atoms with Crippen LogP contribution in [0.5, 0.6) is 0 Å². The Kier molecular flexibility index (Phi) is 4.37. The van der Waals surface area contributed by atoms with E-state index in [2.05, 4.69) is 10.3 Å². The van der Waals surface area contributed by atoms with Gasteiger partial charge in [-0.15, -0.1) is 0 Å². The summed E-state index contributed by atoms with van der Waals surface area (Å²) in [6.45, 7) is 1.77. The van der Waals surface area contributed by atoms with Crippen molar-refractivity contribution in [3.63, 3.8) is 0 Å². The summed E-state index contributed by atoms with van der Waals surface area (Å²) in [4.78, 5) is 13.7. The van der Waals surface area contributed by atoms with Crippen molar-refractivity contribution >= 4 is 11.5 Å². The van der Waals surface area contributed by atoms with Crippen molar-refractivity contribution in [2.45, 2.75) is 19.4 Å². The van der Waals surface area contributed by atoms with E-state index in [0.717, 1.165) is 12.3 Å². The van der Waals surface area contributed by atoms with Crippen LogP contribution in [0.15, 0.2) is 12.3 Å². The van der Waals surface area contributed by atoms with Gasteiger partial charge in [0.05, 0.1) is 17.6 Å². The van der Waals surface area contributed by atoms with Crippen LogP contribution >= 0.6 is 0 Å². The Morgan fingerprint density at radius 3 is 2.94 bits per heavy atom. The van der Waals surface area contributed by atoms with E-state index in [4.69, 9.17) is 10.4 Å². The molecule has 0 saturated heterocycles. The largest absolute Gasteiger partial charge is 0.394 e. The number of nitro groups is 1. The maximum Gasteiger partial charge on any atom is 0.289 e. The maximum atomic E-state index is 10.5. The topological polar surface area (TPSA) is 112 Å². The minimum Gasteiger partial charge on any atom is -0.394 e. The zero-order valence-electron chi connectivity index (χ0n) is 9.25. The predicted molar refractivity (Wildman–Crippen MR) is 60.4 cm³/mol. The van der Waals surface area contributed by atoms with E-state index in [1.54, 1.807) is 0 Å². The molecule has 0 aliphatic heterocycles. The molecule has 90 valence electrons. The van der Waals surface area contributed by atoms with Gasteiger partial charge >= 0.3 is 0 Å². The number of hydrogen-bond donors (Lipinski definition) is 2. The van der Waals surface area contributed by atoms with Gasteiger partial charge in [0.15, 0.2) is 0 Å². The van der Waals surface area contributed by atoms with Gasteiger partial charge in [-0.25, -0.2) is 4.98 Å². The molecule has 0 aromatic carbocycles. The van der Waals surface area contributed by atoms with Gasteiger partial charge in [-0.2, -0.15) is 5.26 Å². The Balaban J connectivity index is 3.01. The fraction of sp³-hybridized carbons (Fsp3) is 0.400. The normalized spacial score (nSPS) is 11.6. The number of aliphatic hydroxyl groups is 1. The van der Waals surface area contributed by atoms with E-state index in [9.17, 15) is 10.1 Å². The van der Waals surface area contributed by atoms with Crippen LogP contribution in [0.4, 0.5) is 11.5 Å². The monoisotopic (exact) mass is 236 g/mol. The van der Waals surface area contributed by atoms with Crippen LogP contribution in [0.25, 0.3) is 0 Å². The molecule has 0 aliphatic carbocycles. The van der Waals surface area contributed by atoms with Gasteiger partial charge in [-0.3, -0.25) is 10.1 Å². The van der Waals surface area contributed by atoms with Crippen LogP contribution in [0, 0.1) is 21.4 Å². The number of aliphatic hydroxyl groups excluding tert-OH is 1. The molecule has 1 heterocycles. The van der Waals surface area contributed by atoms with Crippen molar-refractivity contribution in [1.82, 2.24) is 4.98 Å². The quantitative estimate of drug-likeness (QED) is 0.583. The second kappa shape index (κ2) is 5.77. The van der Waals surface area contributed by atoms with E-state index in [-0.39, 0.29) is 29.7 Å². The smallest absolute Gasteiger partial charge is 0.289 e. The molecule has 7 heteroatoms. The van der Waals surface area contributed by atoms with Crippen LogP contribution in [-0.4, -0.2) is 27.7 Å². The van der Waals surface area contributed by atoms with Gasteiger partial charge in [0, 0.05) is 6.07 Å². The molecule has 1 rings (SSSR count). The van der Waals surface area contributed by atoms with Gasteiger partial charge in [0.2, 0.25) is 0 Å². The minimum atomic E-state index is -0.610. The number of anilines is 1. The van der Waals surface area contributed by atoms with E-state index in [1.807, 2.05) is 13.0 Å². The van der Waals surface area contributed by atoms with Crippen molar-refractivity contribution in [2.75, 3.05) is 11.9 Å². The fourth-order valence-electron chi connectivity index (χ4n) is 1.22. The van der Waals surface area contributed by atoms with E-state index in [0.29, 0.717) is 6.42 Å². The fourth-order valence-corrected chi connectivity index (χ4v) is 1.22. The number of hydrogen-bond acceptors (Lipinski definition) is 6. The lowest BCUT2D eigenvalue weighted by molar-refractivity contribution is -0.385. The van der Waals surface area contributed by atoms with Crippen LogP contribution in [-0.2, 0) is 0 Å². The van der Waals surface area contributed by atoms with Crippen LogP contribution in [0.1, 0.15) is 18.9 Å². The SMILES string of the molecule is CC[C@@H](CO)Nc1ncc([N+](=O)[O-])cc1C#N. The zero-order chi connectivity index (χ0) is 12.8. The van der Waals surface area contributed by atoms with Crippen molar-refractivity contribution in [3.8, 4) is 6.07 Å². The third-order valence-electron chi connectivity index (χ3n) is 2.26. The van der Waals surface area contributed by atoms with Gasteiger partial charge in [-0.1, -0.05) is 6.92 Å². The van der Waals surface area contributed by atoms with Gasteiger partial charge in [-0.05, 0) is 6.42 Å². The molecule has 1 atom stereocenters. The predicted octanol–water partition coefficient (Wildman–Crippen LogP) is 1.04. The number of pyridine rings is 1. The highest BCUT2D eigenvalue weighted by Gasteiger charge is 2.14. The van der Waals surface area contributed by atoms with Crippen molar-refractivity contribution in [1.29, 1.82) is 5.26 Å². The summed E-state index contributed by atoms with van der Waals surface area (Å²) in [6.07, 6.45) is 1.73. The second-order valence-electron chi connectivity index (χ2n) is 3.39. The summed E-state index contributed by atoms with van der Waals surface area (Å²) in [5.41, 5.74) is -0.143. The lowest BCUT2D eigenvalue weighted by Gasteiger charge is -2.15. The average molecular weight is 236 g/mol. The average Bonchev–Trinajstić information content (AvgIpc) is 2.35. The van der Waals surface area contributed by atoms with Crippen molar-refractivity contribution in [2.24, 2.45) is 0 Å².